The Labute approximate surface area is 161 Å². The fraction of sp³-hybridized carbons (Fsp3) is 0.909. The van der Waals surface area contributed by atoms with Crippen molar-refractivity contribution in [2.45, 2.75) is 108 Å². The van der Waals surface area contributed by atoms with E-state index in [1.807, 2.05) is 48.5 Å². The second-order valence-electron chi connectivity index (χ2n) is 9.06. The van der Waals surface area contributed by atoms with Crippen molar-refractivity contribution in [1.82, 2.24) is 5.32 Å². The molecule has 1 amide bonds. The maximum atomic E-state index is 12.3. The van der Waals surface area contributed by atoms with E-state index in [1.54, 1.807) is 0 Å². The summed E-state index contributed by atoms with van der Waals surface area (Å²) in [6.45, 7) is 22.2. The molecule has 0 aromatic rings. The molecule has 4 nitrogen and oxygen atoms in total. The van der Waals surface area contributed by atoms with Gasteiger partial charge in [0.05, 0.1) is 6.04 Å². The summed E-state index contributed by atoms with van der Waals surface area (Å²) < 4.78 is 5.76. The average molecular weight is 370 g/mol. The summed E-state index contributed by atoms with van der Waals surface area (Å²) in [6, 6.07) is -0.514. The summed E-state index contributed by atoms with van der Waals surface area (Å²) >= 11 is 0. The van der Waals surface area contributed by atoms with Crippen LogP contribution in [0.5, 0.6) is 0 Å². The molecular formula is C22H43NO3. The second kappa shape index (κ2) is 9.23. The molecule has 3 unspecified atom stereocenters. The van der Waals surface area contributed by atoms with E-state index in [1.165, 1.54) is 13.3 Å². The quantitative estimate of drug-likeness (QED) is 0.665. The van der Waals surface area contributed by atoms with Gasteiger partial charge in [-0.15, -0.1) is 0 Å². The Morgan fingerprint density at radius 3 is 1.88 bits per heavy atom. The van der Waals surface area contributed by atoms with Gasteiger partial charge in [-0.05, 0) is 42.9 Å². The minimum atomic E-state index is -0.514. The zero-order chi connectivity index (χ0) is 20.9. The largest absolute Gasteiger partial charge is 0.446 e. The molecule has 154 valence electrons. The van der Waals surface area contributed by atoms with Gasteiger partial charge < -0.3 is 10.1 Å². The van der Waals surface area contributed by atoms with Gasteiger partial charge in [0.15, 0.2) is 5.78 Å². The first kappa shape index (κ1) is 24.9. The van der Waals surface area contributed by atoms with Gasteiger partial charge in [-0.2, -0.15) is 0 Å². The van der Waals surface area contributed by atoms with E-state index < -0.39 is 12.1 Å². The number of carbonyl (C=O) groups excluding carboxylic acids is 2. The number of rotatable bonds is 3. The predicted octanol–water partition coefficient (Wildman–Crippen LogP) is 5.98. The molecule has 2 aliphatic rings. The minimum Gasteiger partial charge on any atom is -0.446 e. The molecule has 2 saturated carbocycles. The number of ketones is 1. The van der Waals surface area contributed by atoms with Crippen molar-refractivity contribution >= 4 is 11.9 Å². The minimum absolute atomic E-state index is 0.0380. The van der Waals surface area contributed by atoms with E-state index in [0.29, 0.717) is 5.92 Å². The van der Waals surface area contributed by atoms with E-state index in [4.69, 9.17) is 4.74 Å². The van der Waals surface area contributed by atoms with Crippen molar-refractivity contribution in [3.63, 3.8) is 0 Å². The van der Waals surface area contributed by atoms with Crippen molar-refractivity contribution < 1.29 is 14.3 Å². The standard InChI is InChI=1S/C18H31NO3.2C2H6/c1-11(20)14(16(2,3)4)19-15(21)22-13-10-12-8-9-18(13,7)17(12,5)6;2*1-2/h12-14H,8-10H2,1-7H3,(H,19,21);2*1-2H3/t12?,13?,14?,18-;;/m0../s1. The summed E-state index contributed by atoms with van der Waals surface area (Å²) in [4.78, 5) is 24.1. The molecule has 0 heterocycles. The molecule has 26 heavy (non-hydrogen) atoms. The summed E-state index contributed by atoms with van der Waals surface area (Å²) in [6.07, 6.45) is 2.77. The van der Waals surface area contributed by atoms with Crippen LogP contribution in [0.25, 0.3) is 0 Å². The number of carbonyl (C=O) groups is 2. The molecule has 2 rings (SSSR count). The smallest absolute Gasteiger partial charge is 0.408 e. The highest BCUT2D eigenvalue weighted by molar-refractivity contribution is 5.86. The maximum Gasteiger partial charge on any atom is 0.408 e. The van der Waals surface area contributed by atoms with Crippen molar-refractivity contribution in [2.75, 3.05) is 0 Å². The lowest BCUT2D eigenvalue weighted by Gasteiger charge is -2.38. The molecule has 0 spiro atoms. The molecule has 1 N–H and O–H groups in total. The summed E-state index contributed by atoms with van der Waals surface area (Å²) in [5.74, 6) is 0.588. The van der Waals surface area contributed by atoms with Crippen LogP contribution in [0.15, 0.2) is 0 Å². The molecular weight excluding hydrogens is 326 g/mol. The normalized spacial score (nSPS) is 29.5. The fourth-order valence-electron chi connectivity index (χ4n) is 4.52. The predicted molar refractivity (Wildman–Crippen MR) is 109 cm³/mol. The van der Waals surface area contributed by atoms with E-state index in [-0.39, 0.29) is 28.1 Å². The van der Waals surface area contributed by atoms with Gasteiger partial charge in [-0.25, -0.2) is 4.79 Å². The highest BCUT2D eigenvalue weighted by Crippen LogP contribution is 2.66. The molecule has 4 heteroatoms. The average Bonchev–Trinajstić information content (AvgIpc) is 2.88. The second-order valence-corrected chi connectivity index (χ2v) is 9.06. The number of nitrogens with one attached hydrogen (secondary N) is 1. The first-order chi connectivity index (χ1) is 11.9. The molecule has 2 bridgehead atoms. The highest BCUT2D eigenvalue weighted by Gasteiger charge is 2.63. The summed E-state index contributed by atoms with van der Waals surface area (Å²) in [5.41, 5.74) is -0.0624. The van der Waals surface area contributed by atoms with Crippen LogP contribution in [0.2, 0.25) is 0 Å². The third-order valence-electron chi connectivity index (χ3n) is 6.50. The number of hydrogen-bond acceptors (Lipinski definition) is 3. The molecule has 0 saturated heterocycles. The van der Waals surface area contributed by atoms with Crippen LogP contribution in [0, 0.1) is 22.2 Å². The van der Waals surface area contributed by atoms with Gasteiger partial charge in [0.1, 0.15) is 6.10 Å². The van der Waals surface area contributed by atoms with Crippen molar-refractivity contribution in [3.05, 3.63) is 0 Å². The lowest BCUT2D eigenvalue weighted by atomic mass is 9.70. The van der Waals surface area contributed by atoms with Crippen molar-refractivity contribution in [2.24, 2.45) is 22.2 Å². The van der Waals surface area contributed by atoms with Gasteiger partial charge in [-0.1, -0.05) is 69.2 Å². The van der Waals surface area contributed by atoms with Gasteiger partial charge in [0.25, 0.3) is 0 Å². The molecule has 0 radical (unpaired) electrons. The fourth-order valence-corrected chi connectivity index (χ4v) is 4.52. The Balaban J connectivity index is 0.00000146. The van der Waals surface area contributed by atoms with E-state index >= 15 is 0 Å². The van der Waals surface area contributed by atoms with Crippen LogP contribution in [0.3, 0.4) is 0 Å². The first-order valence-electron chi connectivity index (χ1n) is 10.4. The van der Waals surface area contributed by atoms with E-state index in [0.717, 1.165) is 12.8 Å². The monoisotopic (exact) mass is 369 g/mol. The lowest BCUT2D eigenvalue weighted by molar-refractivity contribution is -0.121. The zero-order valence-electron chi connectivity index (χ0n) is 19.1. The van der Waals surface area contributed by atoms with Crippen molar-refractivity contribution in [3.8, 4) is 0 Å². The van der Waals surface area contributed by atoms with Gasteiger partial charge in [0, 0.05) is 5.41 Å². The van der Waals surface area contributed by atoms with Gasteiger partial charge in [-0.3, -0.25) is 4.79 Å². The van der Waals surface area contributed by atoms with Crippen LogP contribution in [-0.2, 0) is 9.53 Å². The zero-order valence-corrected chi connectivity index (χ0v) is 19.1. The summed E-state index contributed by atoms with van der Waals surface area (Å²) in [7, 11) is 0. The van der Waals surface area contributed by atoms with Gasteiger partial charge in [0.2, 0.25) is 0 Å². The molecule has 0 aromatic carbocycles. The van der Waals surface area contributed by atoms with Crippen LogP contribution in [0.4, 0.5) is 4.79 Å². The Hall–Kier alpha value is -1.06. The van der Waals surface area contributed by atoms with Crippen LogP contribution in [0.1, 0.15) is 95.4 Å². The Kier molecular flexibility index (Phi) is 8.86. The third kappa shape index (κ3) is 4.80. The van der Waals surface area contributed by atoms with E-state index in [9.17, 15) is 9.59 Å². The Morgan fingerprint density at radius 2 is 1.58 bits per heavy atom. The lowest BCUT2D eigenvalue weighted by Crippen LogP contribution is -2.50. The van der Waals surface area contributed by atoms with Crippen LogP contribution >= 0.6 is 0 Å². The number of alkyl carbamates (subject to hydrolysis) is 1. The van der Waals surface area contributed by atoms with Crippen LogP contribution < -0.4 is 5.32 Å². The number of ether oxygens (including phenoxy) is 1. The SMILES string of the molecule is CC.CC.CC(=O)C(NC(=O)OC1CC2CC[C@]1(C)C2(C)C)C(C)(C)C. The van der Waals surface area contributed by atoms with E-state index in [2.05, 4.69) is 26.1 Å². The molecule has 0 aliphatic heterocycles. The first-order valence-corrected chi connectivity index (χ1v) is 10.4. The third-order valence-corrected chi connectivity index (χ3v) is 6.50. The number of hydrogen-bond donors (Lipinski definition) is 1. The maximum absolute atomic E-state index is 12.3. The molecule has 2 aliphatic carbocycles. The Bertz CT molecular complexity index is 478. The topological polar surface area (TPSA) is 55.4 Å². The highest BCUT2D eigenvalue weighted by atomic mass is 16.6. The number of fused-ring (bicyclic) bond motifs is 2. The Morgan fingerprint density at radius 1 is 1.08 bits per heavy atom. The van der Waals surface area contributed by atoms with Gasteiger partial charge >= 0.3 is 6.09 Å². The molecule has 4 atom stereocenters. The summed E-state index contributed by atoms with van der Waals surface area (Å²) in [5, 5.41) is 2.78. The van der Waals surface area contributed by atoms with Crippen molar-refractivity contribution in [1.29, 1.82) is 0 Å². The number of Topliss-reactive ketones (excluding diaryl/α,β-unsaturated/α-hetero) is 1. The molecule has 2 fully saturated rings. The molecule has 0 aromatic heterocycles. The number of amides is 1. The van der Waals surface area contributed by atoms with Crippen LogP contribution in [-0.4, -0.2) is 24.0 Å².